The summed E-state index contributed by atoms with van der Waals surface area (Å²) in [6.45, 7) is 1.21. The number of carbonyl (C=O) groups excluding carboxylic acids is 2. The molecule has 1 aliphatic heterocycles. The standard InChI is InChI=1S/C25H32N4O4S/c30-24-11-16-29(34(32,33)23-7-6-20-3-1-4-22(20)17-23)15-2-5-21(10-14-27-24)25(31)28-18-19-8-12-26-13-9-19/h6-9,12-13,17,21H,1-5,10-11,14-16,18H2,(H,27,30)(H,28,31). The predicted molar refractivity (Wildman–Crippen MR) is 128 cm³/mol. The molecule has 1 fully saturated rings. The lowest BCUT2D eigenvalue weighted by Gasteiger charge is -2.23. The van der Waals surface area contributed by atoms with Crippen molar-refractivity contribution in [3.63, 3.8) is 0 Å². The molecule has 0 bridgehead atoms. The maximum absolute atomic E-state index is 13.4. The Labute approximate surface area is 201 Å². The fourth-order valence-electron chi connectivity index (χ4n) is 4.67. The van der Waals surface area contributed by atoms with Gasteiger partial charge in [0.15, 0.2) is 0 Å². The molecule has 1 atom stereocenters. The topological polar surface area (TPSA) is 108 Å². The summed E-state index contributed by atoms with van der Waals surface area (Å²) in [6.07, 6.45) is 8.02. The van der Waals surface area contributed by atoms with Crippen LogP contribution in [0.4, 0.5) is 0 Å². The van der Waals surface area contributed by atoms with Crippen molar-refractivity contribution in [3.05, 3.63) is 59.4 Å². The number of carbonyl (C=O) groups is 2. The van der Waals surface area contributed by atoms with Crippen molar-refractivity contribution < 1.29 is 18.0 Å². The molecule has 2 heterocycles. The summed E-state index contributed by atoms with van der Waals surface area (Å²) in [6, 6.07) is 9.08. The summed E-state index contributed by atoms with van der Waals surface area (Å²) < 4.78 is 28.3. The predicted octanol–water partition coefficient (Wildman–Crippen LogP) is 2.18. The van der Waals surface area contributed by atoms with E-state index in [1.807, 2.05) is 18.2 Å². The van der Waals surface area contributed by atoms with Gasteiger partial charge in [-0.3, -0.25) is 14.6 Å². The molecule has 2 amide bonds. The van der Waals surface area contributed by atoms with E-state index in [9.17, 15) is 18.0 Å². The average molecular weight is 485 g/mol. The lowest BCUT2D eigenvalue weighted by Crippen LogP contribution is -2.35. The highest BCUT2D eigenvalue weighted by molar-refractivity contribution is 7.89. The molecule has 0 spiro atoms. The Morgan fingerprint density at radius 1 is 1.03 bits per heavy atom. The van der Waals surface area contributed by atoms with E-state index in [2.05, 4.69) is 15.6 Å². The molecule has 4 rings (SSSR count). The van der Waals surface area contributed by atoms with Crippen molar-refractivity contribution >= 4 is 21.8 Å². The molecule has 1 unspecified atom stereocenters. The highest BCUT2D eigenvalue weighted by Gasteiger charge is 2.28. The Kier molecular flexibility index (Phi) is 7.95. The van der Waals surface area contributed by atoms with Crippen molar-refractivity contribution in [1.82, 2.24) is 19.9 Å². The second kappa shape index (κ2) is 11.1. The molecule has 1 aromatic heterocycles. The number of amides is 2. The number of fused-ring (bicyclic) bond motifs is 1. The van der Waals surface area contributed by atoms with E-state index in [0.29, 0.717) is 32.4 Å². The Morgan fingerprint density at radius 2 is 1.82 bits per heavy atom. The van der Waals surface area contributed by atoms with Crippen LogP contribution in [0.2, 0.25) is 0 Å². The third-order valence-corrected chi connectivity index (χ3v) is 8.55. The van der Waals surface area contributed by atoms with Crippen LogP contribution in [0.5, 0.6) is 0 Å². The molecule has 1 aliphatic carbocycles. The first-order valence-corrected chi connectivity index (χ1v) is 13.4. The summed E-state index contributed by atoms with van der Waals surface area (Å²) in [5.74, 6) is -0.588. The van der Waals surface area contributed by atoms with Gasteiger partial charge in [-0.1, -0.05) is 6.07 Å². The lowest BCUT2D eigenvalue weighted by atomic mass is 9.98. The molecule has 34 heavy (non-hydrogen) atoms. The van der Waals surface area contributed by atoms with Crippen LogP contribution in [-0.4, -0.2) is 49.2 Å². The molecular formula is C25H32N4O4S. The summed E-state index contributed by atoms with van der Waals surface area (Å²) in [4.78, 5) is 29.4. The summed E-state index contributed by atoms with van der Waals surface area (Å²) in [5.41, 5.74) is 3.28. The number of benzene rings is 1. The van der Waals surface area contributed by atoms with E-state index < -0.39 is 10.0 Å². The number of pyridine rings is 1. The van der Waals surface area contributed by atoms with Crippen molar-refractivity contribution in [3.8, 4) is 0 Å². The largest absolute Gasteiger partial charge is 0.356 e. The molecular weight excluding hydrogens is 452 g/mol. The first-order chi connectivity index (χ1) is 16.4. The maximum Gasteiger partial charge on any atom is 0.243 e. The quantitative estimate of drug-likeness (QED) is 0.676. The molecule has 9 heteroatoms. The summed E-state index contributed by atoms with van der Waals surface area (Å²) in [7, 11) is -3.72. The van der Waals surface area contributed by atoms with Crippen LogP contribution in [0.1, 0.15) is 48.8 Å². The van der Waals surface area contributed by atoms with Gasteiger partial charge in [-0.2, -0.15) is 4.31 Å². The monoisotopic (exact) mass is 484 g/mol. The molecule has 1 saturated heterocycles. The zero-order chi connectivity index (χ0) is 24.0. The van der Waals surface area contributed by atoms with E-state index in [0.717, 1.165) is 30.4 Å². The molecule has 0 saturated carbocycles. The van der Waals surface area contributed by atoms with Crippen LogP contribution >= 0.6 is 0 Å². The maximum atomic E-state index is 13.4. The van der Waals surface area contributed by atoms with E-state index in [-0.39, 0.29) is 42.1 Å². The highest BCUT2D eigenvalue weighted by atomic mass is 32.2. The minimum absolute atomic E-state index is 0.0849. The molecule has 8 nitrogen and oxygen atoms in total. The SMILES string of the molecule is O=C1CCN(S(=O)(=O)c2ccc3c(c2)CCC3)CCCC(C(=O)NCc2ccncc2)CCN1. The third kappa shape index (κ3) is 6.01. The van der Waals surface area contributed by atoms with Gasteiger partial charge in [-0.25, -0.2) is 8.42 Å². The van der Waals surface area contributed by atoms with Gasteiger partial charge in [-0.15, -0.1) is 0 Å². The van der Waals surface area contributed by atoms with Crippen LogP contribution in [-0.2, 0) is 39.0 Å². The van der Waals surface area contributed by atoms with Gasteiger partial charge in [0.1, 0.15) is 0 Å². The third-order valence-electron chi connectivity index (χ3n) is 6.66. The van der Waals surface area contributed by atoms with Gasteiger partial charge in [0, 0.05) is 50.9 Å². The van der Waals surface area contributed by atoms with E-state index >= 15 is 0 Å². The number of hydrogen-bond acceptors (Lipinski definition) is 5. The van der Waals surface area contributed by atoms with E-state index in [1.54, 1.807) is 24.5 Å². The van der Waals surface area contributed by atoms with Gasteiger partial charge in [0.2, 0.25) is 21.8 Å². The number of sulfonamides is 1. The van der Waals surface area contributed by atoms with Crippen molar-refractivity contribution in [2.75, 3.05) is 19.6 Å². The second-order valence-corrected chi connectivity index (χ2v) is 10.9. The van der Waals surface area contributed by atoms with E-state index in [1.165, 1.54) is 9.87 Å². The lowest BCUT2D eigenvalue weighted by molar-refractivity contribution is -0.126. The fourth-order valence-corrected chi connectivity index (χ4v) is 6.20. The number of aryl methyl sites for hydroxylation is 2. The van der Waals surface area contributed by atoms with Crippen LogP contribution in [0.3, 0.4) is 0 Å². The fraction of sp³-hybridized carbons (Fsp3) is 0.480. The normalized spacial score (nSPS) is 20.1. The second-order valence-electron chi connectivity index (χ2n) is 8.99. The number of hydrogen-bond donors (Lipinski definition) is 2. The molecule has 2 aliphatic rings. The summed E-state index contributed by atoms with van der Waals surface area (Å²) >= 11 is 0. The summed E-state index contributed by atoms with van der Waals surface area (Å²) in [5, 5.41) is 5.80. The Balaban J connectivity index is 1.43. The van der Waals surface area contributed by atoms with Crippen LogP contribution < -0.4 is 10.6 Å². The number of nitrogens with one attached hydrogen (secondary N) is 2. The number of aromatic nitrogens is 1. The zero-order valence-electron chi connectivity index (χ0n) is 19.3. The van der Waals surface area contributed by atoms with Gasteiger partial charge >= 0.3 is 0 Å². The van der Waals surface area contributed by atoms with Crippen LogP contribution in [0.15, 0.2) is 47.6 Å². The molecule has 2 N–H and O–H groups in total. The van der Waals surface area contributed by atoms with Gasteiger partial charge in [0.05, 0.1) is 4.90 Å². The van der Waals surface area contributed by atoms with Crippen LogP contribution in [0, 0.1) is 5.92 Å². The number of nitrogens with zero attached hydrogens (tertiary/aromatic N) is 2. The first-order valence-electron chi connectivity index (χ1n) is 12.0. The van der Waals surface area contributed by atoms with Crippen LogP contribution in [0.25, 0.3) is 0 Å². The van der Waals surface area contributed by atoms with Crippen molar-refractivity contribution in [2.45, 2.75) is 56.4 Å². The van der Waals surface area contributed by atoms with Crippen molar-refractivity contribution in [2.24, 2.45) is 5.92 Å². The first kappa shape index (κ1) is 24.3. The Bertz CT molecular complexity index is 1120. The zero-order valence-corrected chi connectivity index (χ0v) is 20.1. The molecule has 0 radical (unpaired) electrons. The van der Waals surface area contributed by atoms with Crippen molar-refractivity contribution in [1.29, 1.82) is 0 Å². The van der Waals surface area contributed by atoms with Gasteiger partial charge in [-0.05, 0) is 79.5 Å². The Morgan fingerprint density at radius 3 is 2.65 bits per heavy atom. The molecule has 2 aromatic rings. The molecule has 1 aromatic carbocycles. The number of rotatable bonds is 5. The minimum atomic E-state index is -3.72. The average Bonchev–Trinajstić information content (AvgIpc) is 3.30. The smallest absolute Gasteiger partial charge is 0.243 e. The van der Waals surface area contributed by atoms with Gasteiger partial charge in [0.25, 0.3) is 0 Å². The van der Waals surface area contributed by atoms with Gasteiger partial charge < -0.3 is 10.6 Å². The minimum Gasteiger partial charge on any atom is -0.356 e. The Hall–Kier alpha value is -2.78. The molecule has 182 valence electrons. The highest BCUT2D eigenvalue weighted by Crippen LogP contribution is 2.27. The van der Waals surface area contributed by atoms with E-state index in [4.69, 9.17) is 0 Å².